The van der Waals surface area contributed by atoms with E-state index < -0.39 is 5.82 Å². The molecule has 0 fully saturated rings. The Hall–Kier alpha value is -2.89. The average molecular weight is 358 g/mol. The molecule has 0 aliphatic carbocycles. The molecule has 6 heteroatoms. The number of nitrogens with one attached hydrogen (secondary N) is 1. The summed E-state index contributed by atoms with van der Waals surface area (Å²) in [5.74, 6) is 0.00693. The molecule has 0 aromatic heterocycles. The van der Waals surface area contributed by atoms with E-state index in [1.165, 1.54) is 25.1 Å². The topological polar surface area (TPSA) is 58.6 Å². The predicted octanol–water partition coefficient (Wildman–Crippen LogP) is 3.25. The molecule has 0 spiro atoms. The van der Waals surface area contributed by atoms with Crippen LogP contribution in [0.5, 0.6) is 5.75 Å². The maximum atomic E-state index is 13.1. The van der Waals surface area contributed by atoms with Gasteiger partial charge in [0.1, 0.15) is 11.6 Å². The highest BCUT2D eigenvalue weighted by molar-refractivity contribution is 5.91. The number of carbonyl (C=O) groups is 2. The number of benzene rings is 2. The first-order valence-electron chi connectivity index (χ1n) is 8.42. The standard InChI is InChI=1S/C20H23FN2O3/c1-15(24)23(11-9-16-5-3-8-19(13-16)26-2)12-10-20(25)22-18-7-4-6-17(21)14-18/h3-8,13-14H,9-12H2,1-2H3,(H,22,25). The van der Waals surface area contributed by atoms with Gasteiger partial charge in [0.05, 0.1) is 7.11 Å². The van der Waals surface area contributed by atoms with Crippen LogP contribution in [-0.4, -0.2) is 36.9 Å². The Morgan fingerprint density at radius 2 is 1.88 bits per heavy atom. The number of hydrogen-bond acceptors (Lipinski definition) is 3. The molecule has 0 saturated heterocycles. The summed E-state index contributed by atoms with van der Waals surface area (Å²) in [4.78, 5) is 25.5. The van der Waals surface area contributed by atoms with Crippen molar-refractivity contribution in [1.29, 1.82) is 0 Å². The van der Waals surface area contributed by atoms with E-state index in [1.54, 1.807) is 18.1 Å². The van der Waals surface area contributed by atoms with E-state index in [9.17, 15) is 14.0 Å². The molecule has 26 heavy (non-hydrogen) atoms. The van der Waals surface area contributed by atoms with Crippen molar-refractivity contribution in [3.05, 3.63) is 59.9 Å². The van der Waals surface area contributed by atoms with Gasteiger partial charge in [0.2, 0.25) is 11.8 Å². The van der Waals surface area contributed by atoms with Crippen LogP contribution in [0.2, 0.25) is 0 Å². The zero-order valence-corrected chi connectivity index (χ0v) is 15.0. The van der Waals surface area contributed by atoms with Crippen molar-refractivity contribution in [3.63, 3.8) is 0 Å². The van der Waals surface area contributed by atoms with Crippen molar-refractivity contribution in [2.24, 2.45) is 0 Å². The molecular formula is C20H23FN2O3. The first-order valence-corrected chi connectivity index (χ1v) is 8.42. The molecule has 2 amide bonds. The number of hydrogen-bond donors (Lipinski definition) is 1. The molecule has 2 aromatic carbocycles. The van der Waals surface area contributed by atoms with E-state index >= 15 is 0 Å². The molecule has 2 aromatic rings. The number of ether oxygens (including phenoxy) is 1. The maximum absolute atomic E-state index is 13.1. The zero-order chi connectivity index (χ0) is 18.9. The minimum atomic E-state index is -0.411. The zero-order valence-electron chi connectivity index (χ0n) is 15.0. The van der Waals surface area contributed by atoms with Crippen molar-refractivity contribution in [2.45, 2.75) is 19.8 Å². The second kappa shape index (κ2) is 9.56. The molecule has 0 unspecified atom stereocenters. The lowest BCUT2D eigenvalue weighted by molar-refractivity contribution is -0.129. The van der Waals surface area contributed by atoms with E-state index in [2.05, 4.69) is 5.32 Å². The van der Waals surface area contributed by atoms with Gasteiger partial charge < -0.3 is 15.0 Å². The Kier molecular flexibility index (Phi) is 7.14. The van der Waals surface area contributed by atoms with Crippen molar-refractivity contribution in [3.8, 4) is 5.75 Å². The Balaban J connectivity index is 1.85. The quantitative estimate of drug-likeness (QED) is 0.788. The van der Waals surface area contributed by atoms with Gasteiger partial charge in [-0.15, -0.1) is 0 Å². The highest BCUT2D eigenvalue weighted by atomic mass is 19.1. The number of methoxy groups -OCH3 is 1. The summed E-state index contributed by atoms with van der Waals surface area (Å²) in [6, 6.07) is 13.4. The number of carbonyl (C=O) groups excluding carboxylic acids is 2. The minimum absolute atomic E-state index is 0.0912. The van der Waals surface area contributed by atoms with Crippen LogP contribution in [0.3, 0.4) is 0 Å². The third kappa shape index (κ3) is 6.20. The molecule has 0 aliphatic rings. The minimum Gasteiger partial charge on any atom is -0.497 e. The van der Waals surface area contributed by atoms with Crippen LogP contribution in [0.25, 0.3) is 0 Å². The van der Waals surface area contributed by atoms with Gasteiger partial charge in [0.25, 0.3) is 0 Å². The second-order valence-corrected chi connectivity index (χ2v) is 5.92. The van der Waals surface area contributed by atoms with Gasteiger partial charge in [-0.2, -0.15) is 0 Å². The van der Waals surface area contributed by atoms with Gasteiger partial charge in [0, 0.05) is 32.1 Å². The van der Waals surface area contributed by atoms with Crippen LogP contribution in [-0.2, 0) is 16.0 Å². The van der Waals surface area contributed by atoms with E-state index in [-0.39, 0.29) is 18.2 Å². The first kappa shape index (κ1) is 19.4. The summed E-state index contributed by atoms with van der Waals surface area (Å²) < 4.78 is 18.3. The average Bonchev–Trinajstić information content (AvgIpc) is 2.61. The SMILES string of the molecule is COc1cccc(CCN(CCC(=O)Nc2cccc(F)c2)C(C)=O)c1. The molecule has 0 saturated carbocycles. The largest absolute Gasteiger partial charge is 0.497 e. The molecule has 0 bridgehead atoms. The molecule has 1 N–H and O–H groups in total. The van der Waals surface area contributed by atoms with Crippen LogP contribution in [0.4, 0.5) is 10.1 Å². The molecule has 0 atom stereocenters. The number of amides is 2. The Labute approximate surface area is 152 Å². The summed E-state index contributed by atoms with van der Waals surface area (Å²) in [6.07, 6.45) is 0.816. The molecule has 0 aliphatic heterocycles. The third-order valence-corrected chi connectivity index (χ3v) is 3.97. The van der Waals surface area contributed by atoms with Crippen LogP contribution in [0.15, 0.2) is 48.5 Å². The summed E-state index contributed by atoms with van der Waals surface area (Å²) in [6.45, 7) is 2.30. The van der Waals surface area contributed by atoms with E-state index in [0.717, 1.165) is 11.3 Å². The Morgan fingerprint density at radius 3 is 2.58 bits per heavy atom. The van der Waals surface area contributed by atoms with Gasteiger partial charge in [-0.25, -0.2) is 4.39 Å². The highest BCUT2D eigenvalue weighted by Crippen LogP contribution is 2.14. The normalized spacial score (nSPS) is 10.3. The smallest absolute Gasteiger partial charge is 0.226 e. The van der Waals surface area contributed by atoms with Crippen molar-refractivity contribution >= 4 is 17.5 Å². The molecule has 2 rings (SSSR count). The predicted molar refractivity (Wildman–Crippen MR) is 98.6 cm³/mol. The number of nitrogens with zero attached hydrogens (tertiary/aromatic N) is 1. The van der Waals surface area contributed by atoms with Crippen LogP contribution in [0.1, 0.15) is 18.9 Å². The summed E-state index contributed by atoms with van der Waals surface area (Å²) in [7, 11) is 1.61. The lowest BCUT2D eigenvalue weighted by atomic mass is 10.1. The van der Waals surface area contributed by atoms with Crippen molar-refractivity contribution in [1.82, 2.24) is 4.90 Å². The fourth-order valence-electron chi connectivity index (χ4n) is 2.54. The van der Waals surface area contributed by atoms with Gasteiger partial charge in [-0.05, 0) is 42.3 Å². The fraction of sp³-hybridized carbons (Fsp3) is 0.300. The maximum Gasteiger partial charge on any atom is 0.226 e. The number of rotatable bonds is 8. The van der Waals surface area contributed by atoms with Gasteiger partial charge in [0.15, 0.2) is 0 Å². The van der Waals surface area contributed by atoms with Gasteiger partial charge in [-0.3, -0.25) is 9.59 Å². The lowest BCUT2D eigenvalue weighted by Gasteiger charge is -2.21. The fourth-order valence-corrected chi connectivity index (χ4v) is 2.54. The van der Waals surface area contributed by atoms with E-state index in [4.69, 9.17) is 4.74 Å². The van der Waals surface area contributed by atoms with Crippen LogP contribution in [0, 0.1) is 5.82 Å². The van der Waals surface area contributed by atoms with Crippen molar-refractivity contribution in [2.75, 3.05) is 25.5 Å². The summed E-state index contributed by atoms with van der Waals surface area (Å²) in [5.41, 5.74) is 1.46. The second-order valence-electron chi connectivity index (χ2n) is 5.92. The molecule has 5 nitrogen and oxygen atoms in total. The van der Waals surface area contributed by atoms with Crippen LogP contribution < -0.4 is 10.1 Å². The highest BCUT2D eigenvalue weighted by Gasteiger charge is 2.12. The Bertz CT molecular complexity index is 764. The van der Waals surface area contributed by atoms with Crippen LogP contribution >= 0.6 is 0 Å². The monoisotopic (exact) mass is 358 g/mol. The lowest BCUT2D eigenvalue weighted by Crippen LogP contribution is -2.33. The van der Waals surface area contributed by atoms with E-state index in [0.29, 0.717) is 25.2 Å². The van der Waals surface area contributed by atoms with Gasteiger partial charge in [-0.1, -0.05) is 18.2 Å². The third-order valence-electron chi connectivity index (χ3n) is 3.97. The summed E-state index contributed by atoms with van der Waals surface area (Å²) in [5, 5.41) is 2.63. The number of halogens is 1. The Morgan fingerprint density at radius 1 is 1.12 bits per heavy atom. The van der Waals surface area contributed by atoms with E-state index in [1.807, 2.05) is 24.3 Å². The molecular weight excluding hydrogens is 335 g/mol. The van der Waals surface area contributed by atoms with Gasteiger partial charge >= 0.3 is 0 Å². The first-order chi connectivity index (χ1) is 12.5. The summed E-state index contributed by atoms with van der Waals surface area (Å²) >= 11 is 0. The molecule has 138 valence electrons. The number of anilines is 1. The molecule has 0 heterocycles. The molecule has 0 radical (unpaired) electrons. The van der Waals surface area contributed by atoms with Crippen molar-refractivity contribution < 1.29 is 18.7 Å².